The third-order valence-electron chi connectivity index (χ3n) is 2.36. The van der Waals surface area contributed by atoms with Gasteiger partial charge >= 0.3 is 0 Å². The van der Waals surface area contributed by atoms with E-state index in [4.69, 9.17) is 5.11 Å². The average molecular weight is 220 g/mol. The van der Waals surface area contributed by atoms with Crippen LogP contribution in [0.25, 0.3) is 11.1 Å². The number of hydrogen-bond donors (Lipinski definition) is 1. The third kappa shape index (κ3) is 1.95. The second-order valence-electron chi connectivity index (χ2n) is 3.46. The maximum Gasteiger partial charge on any atom is 0.133 e. The van der Waals surface area contributed by atoms with Crippen molar-refractivity contribution in [2.75, 3.05) is 0 Å². The lowest BCUT2D eigenvalue weighted by atomic mass is 10.0. The normalized spacial score (nSPS) is 10.4. The lowest BCUT2D eigenvalue weighted by Crippen LogP contribution is -1.91. The van der Waals surface area contributed by atoms with Crippen molar-refractivity contribution in [3.8, 4) is 11.1 Å². The Hall–Kier alpha value is -1.74. The average Bonchev–Trinajstić information content (AvgIpc) is 2.29. The minimum atomic E-state index is -0.602. The van der Waals surface area contributed by atoms with Gasteiger partial charge in [-0.1, -0.05) is 24.3 Å². The van der Waals surface area contributed by atoms with Gasteiger partial charge in [0.25, 0.3) is 0 Å². The molecule has 0 aliphatic carbocycles. The highest BCUT2D eigenvalue weighted by atomic mass is 19.1. The van der Waals surface area contributed by atoms with Gasteiger partial charge in [0, 0.05) is 0 Å². The van der Waals surface area contributed by atoms with E-state index >= 15 is 0 Å². The van der Waals surface area contributed by atoms with Crippen LogP contribution >= 0.6 is 0 Å². The molecule has 0 spiro atoms. The summed E-state index contributed by atoms with van der Waals surface area (Å²) in [5.74, 6) is -1.20. The minimum Gasteiger partial charge on any atom is -0.392 e. The van der Waals surface area contributed by atoms with Crippen LogP contribution in [0.4, 0.5) is 8.78 Å². The summed E-state index contributed by atoms with van der Waals surface area (Å²) < 4.78 is 26.9. The van der Waals surface area contributed by atoms with Crippen molar-refractivity contribution in [1.29, 1.82) is 0 Å². The molecule has 0 unspecified atom stereocenters. The summed E-state index contributed by atoms with van der Waals surface area (Å²) in [4.78, 5) is 0. The zero-order valence-corrected chi connectivity index (χ0v) is 8.45. The maximum atomic E-state index is 13.5. The topological polar surface area (TPSA) is 20.2 Å². The molecule has 3 heteroatoms. The summed E-state index contributed by atoms with van der Waals surface area (Å²) in [5.41, 5.74) is 1.00. The van der Waals surface area contributed by atoms with Gasteiger partial charge in [-0.2, -0.15) is 0 Å². The maximum absolute atomic E-state index is 13.5. The Bertz CT molecular complexity index is 489. The molecule has 1 nitrogen and oxygen atoms in total. The SMILES string of the molecule is OCc1cccc(-c2c(F)cccc2F)c1. The Kier molecular flexibility index (Phi) is 2.97. The van der Waals surface area contributed by atoms with E-state index in [1.165, 1.54) is 18.2 Å². The summed E-state index contributed by atoms with van der Waals surface area (Å²) in [6.07, 6.45) is 0. The van der Waals surface area contributed by atoms with Gasteiger partial charge in [0.05, 0.1) is 12.2 Å². The molecule has 0 saturated heterocycles. The van der Waals surface area contributed by atoms with Crippen LogP contribution in [0.3, 0.4) is 0 Å². The second-order valence-corrected chi connectivity index (χ2v) is 3.46. The molecule has 0 fully saturated rings. The smallest absolute Gasteiger partial charge is 0.133 e. The summed E-state index contributed by atoms with van der Waals surface area (Å²) >= 11 is 0. The second kappa shape index (κ2) is 4.41. The molecule has 16 heavy (non-hydrogen) atoms. The van der Waals surface area contributed by atoms with Crippen molar-refractivity contribution in [3.05, 3.63) is 59.7 Å². The molecule has 0 saturated carbocycles. The Morgan fingerprint density at radius 2 is 1.56 bits per heavy atom. The van der Waals surface area contributed by atoms with Crippen molar-refractivity contribution in [2.45, 2.75) is 6.61 Å². The Balaban J connectivity index is 2.58. The van der Waals surface area contributed by atoms with Crippen LogP contribution in [0.15, 0.2) is 42.5 Å². The molecule has 0 atom stereocenters. The zero-order chi connectivity index (χ0) is 11.5. The van der Waals surface area contributed by atoms with Crippen LogP contribution in [0, 0.1) is 11.6 Å². The number of rotatable bonds is 2. The molecule has 2 aromatic carbocycles. The Morgan fingerprint density at radius 3 is 2.19 bits per heavy atom. The quantitative estimate of drug-likeness (QED) is 0.824. The molecule has 2 aromatic rings. The highest BCUT2D eigenvalue weighted by Gasteiger charge is 2.10. The van der Waals surface area contributed by atoms with Gasteiger partial charge in [0.1, 0.15) is 11.6 Å². The molecule has 0 radical (unpaired) electrons. The summed E-state index contributed by atoms with van der Waals surface area (Å²) in [7, 11) is 0. The van der Waals surface area contributed by atoms with E-state index < -0.39 is 11.6 Å². The van der Waals surface area contributed by atoms with E-state index in [2.05, 4.69) is 0 Å². The van der Waals surface area contributed by atoms with E-state index in [1.807, 2.05) is 0 Å². The molecular weight excluding hydrogens is 210 g/mol. The van der Waals surface area contributed by atoms with Crippen LogP contribution in [-0.2, 0) is 6.61 Å². The number of aliphatic hydroxyl groups is 1. The molecule has 1 N–H and O–H groups in total. The Labute approximate surface area is 92.0 Å². The molecule has 0 bridgehead atoms. The molecule has 0 aliphatic heterocycles. The first kappa shape index (κ1) is 10.8. The largest absolute Gasteiger partial charge is 0.392 e. The highest BCUT2D eigenvalue weighted by molar-refractivity contribution is 5.65. The monoisotopic (exact) mass is 220 g/mol. The van der Waals surface area contributed by atoms with Crippen molar-refractivity contribution in [2.24, 2.45) is 0 Å². The van der Waals surface area contributed by atoms with Gasteiger partial charge in [-0.25, -0.2) is 8.78 Å². The van der Waals surface area contributed by atoms with E-state index in [0.29, 0.717) is 11.1 Å². The molecular formula is C13H10F2O. The van der Waals surface area contributed by atoms with Gasteiger partial charge < -0.3 is 5.11 Å². The van der Waals surface area contributed by atoms with Gasteiger partial charge in [-0.15, -0.1) is 0 Å². The fourth-order valence-corrected chi connectivity index (χ4v) is 1.60. The summed E-state index contributed by atoms with van der Waals surface area (Å²) in [6, 6.07) is 10.3. The highest BCUT2D eigenvalue weighted by Crippen LogP contribution is 2.26. The van der Waals surface area contributed by atoms with Gasteiger partial charge in [0.15, 0.2) is 0 Å². The van der Waals surface area contributed by atoms with Crippen molar-refractivity contribution in [1.82, 2.24) is 0 Å². The summed E-state index contributed by atoms with van der Waals surface area (Å²) in [5, 5.41) is 8.96. The first-order valence-corrected chi connectivity index (χ1v) is 4.86. The van der Waals surface area contributed by atoms with Gasteiger partial charge in [0.2, 0.25) is 0 Å². The van der Waals surface area contributed by atoms with E-state index in [9.17, 15) is 8.78 Å². The fraction of sp³-hybridized carbons (Fsp3) is 0.0769. The molecule has 0 heterocycles. The number of hydrogen-bond acceptors (Lipinski definition) is 1. The molecule has 82 valence electrons. The van der Waals surface area contributed by atoms with Crippen molar-refractivity contribution >= 4 is 0 Å². The summed E-state index contributed by atoms with van der Waals surface area (Å²) in [6.45, 7) is -0.149. The number of aliphatic hydroxyl groups excluding tert-OH is 1. The number of benzene rings is 2. The molecule has 0 aliphatic rings. The molecule has 0 aromatic heterocycles. The third-order valence-corrected chi connectivity index (χ3v) is 2.36. The first-order chi connectivity index (χ1) is 7.72. The van der Waals surface area contributed by atoms with Gasteiger partial charge in [-0.05, 0) is 29.3 Å². The fourth-order valence-electron chi connectivity index (χ4n) is 1.60. The van der Waals surface area contributed by atoms with Gasteiger partial charge in [-0.3, -0.25) is 0 Å². The van der Waals surface area contributed by atoms with E-state index in [0.717, 1.165) is 0 Å². The standard InChI is InChI=1S/C13H10F2O/c14-11-5-2-6-12(15)13(11)10-4-1-3-9(7-10)8-16/h1-7,16H,8H2. The van der Waals surface area contributed by atoms with Crippen LogP contribution in [0.1, 0.15) is 5.56 Å². The van der Waals surface area contributed by atoms with Crippen LogP contribution in [0.2, 0.25) is 0 Å². The number of halogens is 2. The van der Waals surface area contributed by atoms with Crippen LogP contribution in [-0.4, -0.2) is 5.11 Å². The lowest BCUT2D eigenvalue weighted by Gasteiger charge is -2.06. The van der Waals surface area contributed by atoms with E-state index in [-0.39, 0.29) is 12.2 Å². The van der Waals surface area contributed by atoms with Crippen molar-refractivity contribution < 1.29 is 13.9 Å². The molecule has 0 amide bonds. The first-order valence-electron chi connectivity index (χ1n) is 4.86. The predicted octanol–water partition coefficient (Wildman–Crippen LogP) is 3.12. The predicted molar refractivity (Wildman–Crippen MR) is 57.7 cm³/mol. The minimum absolute atomic E-state index is 0.0576. The zero-order valence-electron chi connectivity index (χ0n) is 8.45. The van der Waals surface area contributed by atoms with E-state index in [1.54, 1.807) is 24.3 Å². The lowest BCUT2D eigenvalue weighted by molar-refractivity contribution is 0.282. The van der Waals surface area contributed by atoms with Crippen LogP contribution < -0.4 is 0 Å². The molecule has 2 rings (SSSR count). The van der Waals surface area contributed by atoms with Crippen molar-refractivity contribution in [3.63, 3.8) is 0 Å². The van der Waals surface area contributed by atoms with Crippen LogP contribution in [0.5, 0.6) is 0 Å². The Morgan fingerprint density at radius 1 is 0.938 bits per heavy atom.